The van der Waals surface area contributed by atoms with Crippen molar-refractivity contribution < 1.29 is 35.1 Å². The average molecular weight is 532 g/mol. The lowest BCUT2D eigenvalue weighted by Crippen LogP contribution is -2.58. The summed E-state index contributed by atoms with van der Waals surface area (Å²) in [5.74, 6) is 8.31. The number of aliphatic hydroxyl groups is 5. The number of carbonyl (C=O) groups is 1. The highest BCUT2D eigenvalue weighted by atomic mass is 16.5. The van der Waals surface area contributed by atoms with E-state index in [2.05, 4.69) is 17.8 Å². The highest BCUT2D eigenvalue weighted by Crippen LogP contribution is 2.54. The first kappa shape index (κ1) is 27.4. The molecule has 0 radical (unpaired) electrons. The minimum absolute atomic E-state index is 0.299. The van der Waals surface area contributed by atoms with Crippen molar-refractivity contribution in [2.24, 2.45) is 0 Å². The maximum absolute atomic E-state index is 12.8. The molecule has 2 fully saturated rings. The molecule has 1 amide bonds. The van der Waals surface area contributed by atoms with Gasteiger partial charge < -0.3 is 35.2 Å². The molecule has 2 aromatic rings. The molecule has 0 saturated carbocycles. The lowest BCUT2D eigenvalue weighted by atomic mass is 9.70. The van der Waals surface area contributed by atoms with Gasteiger partial charge in [-0.15, -0.1) is 6.42 Å². The van der Waals surface area contributed by atoms with Crippen LogP contribution in [0.15, 0.2) is 36.4 Å². The number of likely N-dealkylation sites (tertiary alicyclic amines) is 1. The highest BCUT2D eigenvalue weighted by Gasteiger charge is 2.47. The number of fused-ring (bicyclic) bond motifs is 5. The quantitative estimate of drug-likeness (QED) is 0.357. The predicted molar refractivity (Wildman–Crippen MR) is 143 cm³/mol. The van der Waals surface area contributed by atoms with E-state index in [-0.39, 0.29) is 5.91 Å². The van der Waals surface area contributed by atoms with Gasteiger partial charge in [0.25, 0.3) is 5.91 Å². The molecule has 3 aliphatic rings. The number of carbonyl (C=O) groups excluding carboxylic acids is 1. The summed E-state index contributed by atoms with van der Waals surface area (Å²) >= 11 is 0. The molecule has 0 bridgehead atoms. The van der Waals surface area contributed by atoms with Crippen LogP contribution in [0.25, 0.3) is 11.1 Å². The smallest absolute Gasteiger partial charge is 0.253 e. The summed E-state index contributed by atoms with van der Waals surface area (Å²) in [5, 5.41) is 50.2. The Morgan fingerprint density at radius 2 is 1.62 bits per heavy atom. The molecule has 39 heavy (non-hydrogen) atoms. The molecule has 1 aliphatic carbocycles. The van der Waals surface area contributed by atoms with Crippen molar-refractivity contribution >= 4 is 5.91 Å². The van der Waals surface area contributed by atoms with Gasteiger partial charge in [-0.1, -0.05) is 29.9 Å². The second-order valence-electron chi connectivity index (χ2n) is 11.1. The second-order valence-corrected chi connectivity index (χ2v) is 11.1. The van der Waals surface area contributed by atoms with Crippen LogP contribution >= 0.6 is 0 Å². The highest BCUT2D eigenvalue weighted by molar-refractivity contribution is 5.85. The largest absolute Gasteiger partial charge is 0.394 e. The zero-order valence-corrected chi connectivity index (χ0v) is 22.0. The number of aliphatic hydroxyl groups excluding tert-OH is 4. The summed E-state index contributed by atoms with van der Waals surface area (Å²) in [7, 11) is 0. The number of amides is 1. The first-order valence-electron chi connectivity index (χ1n) is 13.1. The number of rotatable bonds is 2. The van der Waals surface area contributed by atoms with Gasteiger partial charge in [0, 0.05) is 29.6 Å². The molecule has 2 saturated heterocycles. The van der Waals surface area contributed by atoms with E-state index in [0.717, 1.165) is 27.8 Å². The Balaban J connectivity index is 1.50. The summed E-state index contributed by atoms with van der Waals surface area (Å²) < 4.78 is 5.53. The van der Waals surface area contributed by atoms with E-state index in [4.69, 9.17) is 11.2 Å². The molecule has 2 aliphatic heterocycles. The third kappa shape index (κ3) is 4.64. The van der Waals surface area contributed by atoms with Crippen molar-refractivity contribution in [2.75, 3.05) is 19.7 Å². The van der Waals surface area contributed by atoms with Crippen LogP contribution in [0.2, 0.25) is 0 Å². The number of hydrogen-bond donors (Lipinski definition) is 5. The average Bonchev–Trinajstić information content (AvgIpc) is 3.19. The van der Waals surface area contributed by atoms with E-state index in [1.165, 1.54) is 13.8 Å². The van der Waals surface area contributed by atoms with E-state index < -0.39 is 48.1 Å². The molecule has 8 nitrogen and oxygen atoms in total. The van der Waals surface area contributed by atoms with E-state index in [1.54, 1.807) is 4.90 Å². The molecule has 2 heterocycles. The van der Waals surface area contributed by atoms with E-state index in [1.807, 2.05) is 36.4 Å². The zero-order valence-electron chi connectivity index (χ0n) is 22.0. The Morgan fingerprint density at radius 1 is 1.03 bits per heavy atom. The van der Waals surface area contributed by atoms with E-state index in [0.29, 0.717) is 31.5 Å². The zero-order chi connectivity index (χ0) is 28.1. The number of piperidine rings is 1. The Hall–Kier alpha value is -3.21. The van der Waals surface area contributed by atoms with Crippen LogP contribution in [-0.2, 0) is 14.9 Å². The van der Waals surface area contributed by atoms with Crippen LogP contribution in [0.5, 0.6) is 0 Å². The van der Waals surface area contributed by atoms with Gasteiger partial charge in [-0.25, -0.2) is 0 Å². The van der Waals surface area contributed by atoms with Crippen LogP contribution in [0.1, 0.15) is 48.9 Å². The summed E-state index contributed by atoms with van der Waals surface area (Å²) in [6.07, 6.45) is 0.544. The maximum atomic E-state index is 12.8. The van der Waals surface area contributed by atoms with Crippen LogP contribution in [0, 0.1) is 24.2 Å². The van der Waals surface area contributed by atoms with Crippen molar-refractivity contribution in [1.82, 2.24) is 4.90 Å². The van der Waals surface area contributed by atoms with Crippen LogP contribution in [-0.4, -0.2) is 92.2 Å². The standard InChI is InChI=1S/C31H33NO7/c1-4-18-5-8-20-21-9-6-19(7-10-24-26(34)28(36)27(35)25(17-33)39-24)16-23(21)31(22(20)15-18)11-13-32(14-12-31)29(37)30(2,3)38/h1,5-6,8-9,15-16,24-28,33-36,38H,11-14,17H2,2-3H3. The SMILES string of the molecule is C#Cc1ccc2c(c1)C1(CCN(C(=O)C(C)(C)O)CC1)c1cc(C#CC3OC(CO)C(O)C(O)C3O)ccc1-2. The lowest BCUT2D eigenvalue weighted by Gasteiger charge is -2.42. The van der Waals surface area contributed by atoms with Gasteiger partial charge in [-0.2, -0.15) is 0 Å². The van der Waals surface area contributed by atoms with E-state index in [9.17, 15) is 30.3 Å². The fourth-order valence-corrected chi connectivity index (χ4v) is 6.06. The monoisotopic (exact) mass is 531 g/mol. The number of benzene rings is 2. The molecular formula is C31H33NO7. The third-order valence-electron chi connectivity index (χ3n) is 8.21. The molecule has 5 unspecified atom stereocenters. The van der Waals surface area contributed by atoms with Crippen molar-refractivity contribution in [3.05, 3.63) is 58.7 Å². The fraction of sp³-hybridized carbons (Fsp3) is 0.452. The third-order valence-corrected chi connectivity index (χ3v) is 8.21. The van der Waals surface area contributed by atoms with Gasteiger partial charge >= 0.3 is 0 Å². The van der Waals surface area contributed by atoms with Gasteiger partial charge in [0.05, 0.1) is 6.61 Å². The molecular weight excluding hydrogens is 498 g/mol. The normalized spacial score (nSPS) is 27.2. The Bertz CT molecular complexity index is 1380. The summed E-state index contributed by atoms with van der Waals surface area (Å²) in [6, 6.07) is 11.9. The summed E-state index contributed by atoms with van der Waals surface area (Å²) in [4.78, 5) is 14.5. The van der Waals surface area contributed by atoms with Gasteiger partial charge in [0.2, 0.25) is 0 Å². The molecule has 1 spiro atoms. The fourth-order valence-electron chi connectivity index (χ4n) is 6.06. The minimum atomic E-state index is -1.49. The van der Waals surface area contributed by atoms with Crippen LogP contribution in [0.3, 0.4) is 0 Å². The lowest BCUT2D eigenvalue weighted by molar-refractivity contribution is -0.214. The number of hydrogen-bond acceptors (Lipinski definition) is 7. The predicted octanol–water partition coefficient (Wildman–Crippen LogP) is 0.522. The van der Waals surface area contributed by atoms with Gasteiger partial charge in [-0.3, -0.25) is 4.79 Å². The number of ether oxygens (including phenoxy) is 1. The second kappa shape index (κ2) is 10.1. The van der Waals surface area contributed by atoms with Crippen LogP contribution < -0.4 is 0 Å². The molecule has 5 rings (SSSR count). The number of nitrogens with zero attached hydrogens (tertiary/aromatic N) is 1. The van der Waals surface area contributed by atoms with Crippen molar-refractivity contribution in [2.45, 2.75) is 68.2 Å². The Labute approximate surface area is 227 Å². The molecule has 0 aromatic heterocycles. The summed E-state index contributed by atoms with van der Waals surface area (Å²) in [5.41, 5.74) is 3.94. The van der Waals surface area contributed by atoms with E-state index >= 15 is 0 Å². The Morgan fingerprint density at radius 3 is 2.18 bits per heavy atom. The molecule has 204 valence electrons. The van der Waals surface area contributed by atoms with Gasteiger partial charge in [0.15, 0.2) is 0 Å². The molecule has 5 atom stereocenters. The van der Waals surface area contributed by atoms with Gasteiger partial charge in [-0.05, 0) is 73.2 Å². The van der Waals surface area contributed by atoms with Gasteiger partial charge in [0.1, 0.15) is 36.1 Å². The van der Waals surface area contributed by atoms with Crippen molar-refractivity contribution in [3.8, 4) is 35.3 Å². The first-order valence-corrected chi connectivity index (χ1v) is 13.1. The minimum Gasteiger partial charge on any atom is -0.394 e. The van der Waals surface area contributed by atoms with Crippen molar-refractivity contribution in [1.29, 1.82) is 0 Å². The maximum Gasteiger partial charge on any atom is 0.253 e. The molecule has 8 heteroatoms. The summed E-state index contributed by atoms with van der Waals surface area (Å²) in [6.45, 7) is 3.43. The van der Waals surface area contributed by atoms with Crippen LogP contribution in [0.4, 0.5) is 0 Å². The molecule has 2 aromatic carbocycles. The number of terminal acetylenes is 1. The topological polar surface area (TPSA) is 131 Å². The Kier molecular flexibility index (Phi) is 7.07. The van der Waals surface area contributed by atoms with Crippen molar-refractivity contribution in [3.63, 3.8) is 0 Å². The first-order chi connectivity index (χ1) is 18.5. The molecule has 5 N–H and O–H groups in total.